The summed E-state index contributed by atoms with van der Waals surface area (Å²) >= 11 is 0. The number of ether oxygens (including phenoxy) is 1. The molecule has 7 heteroatoms. The van der Waals surface area contributed by atoms with Crippen molar-refractivity contribution in [3.8, 4) is 0 Å². The van der Waals surface area contributed by atoms with Gasteiger partial charge in [-0.05, 0) is 19.3 Å². The molecule has 0 radical (unpaired) electrons. The van der Waals surface area contributed by atoms with E-state index in [2.05, 4.69) is 0 Å². The fraction of sp³-hybridized carbons (Fsp3) is 0.857. The standard InChI is InChI=1S/C14H24N2O5/c1-2-6-21-11-4-3-5-15(9-11)14(20)16-8-10(17)7-12(16)13(18)19/h10-12,17H,2-9H2,1H3,(H,18,19)/t10-,11?,12-/m0/s1. The zero-order valence-electron chi connectivity index (χ0n) is 12.4. The monoisotopic (exact) mass is 300 g/mol. The lowest BCUT2D eigenvalue weighted by Crippen LogP contribution is -2.52. The maximum absolute atomic E-state index is 12.5. The molecule has 120 valence electrons. The molecular formula is C14H24N2O5. The number of aliphatic carboxylic acids is 1. The maximum Gasteiger partial charge on any atom is 0.326 e. The molecule has 0 bridgehead atoms. The molecule has 2 heterocycles. The summed E-state index contributed by atoms with van der Waals surface area (Å²) in [5.41, 5.74) is 0. The van der Waals surface area contributed by atoms with Gasteiger partial charge in [0.2, 0.25) is 0 Å². The minimum atomic E-state index is -1.06. The van der Waals surface area contributed by atoms with Crippen LogP contribution in [0, 0.1) is 0 Å². The van der Waals surface area contributed by atoms with Crippen LogP contribution >= 0.6 is 0 Å². The third kappa shape index (κ3) is 3.85. The molecule has 0 saturated carbocycles. The number of urea groups is 1. The second-order valence-corrected chi connectivity index (χ2v) is 5.76. The summed E-state index contributed by atoms with van der Waals surface area (Å²) in [7, 11) is 0. The van der Waals surface area contributed by atoms with E-state index in [0.29, 0.717) is 19.7 Å². The highest BCUT2D eigenvalue weighted by Crippen LogP contribution is 2.22. The number of aliphatic hydroxyl groups is 1. The first kappa shape index (κ1) is 16.0. The van der Waals surface area contributed by atoms with Crippen LogP contribution < -0.4 is 0 Å². The molecule has 3 atom stereocenters. The summed E-state index contributed by atoms with van der Waals surface area (Å²) in [6.45, 7) is 3.91. The lowest BCUT2D eigenvalue weighted by Gasteiger charge is -2.36. The van der Waals surface area contributed by atoms with Crippen molar-refractivity contribution in [3.63, 3.8) is 0 Å². The summed E-state index contributed by atoms with van der Waals surface area (Å²) < 4.78 is 5.69. The number of carbonyl (C=O) groups is 2. The van der Waals surface area contributed by atoms with E-state index in [1.54, 1.807) is 4.90 Å². The topological polar surface area (TPSA) is 90.3 Å². The molecule has 0 spiro atoms. The Bertz CT molecular complexity index is 390. The summed E-state index contributed by atoms with van der Waals surface area (Å²) in [6, 6.07) is -1.23. The molecular weight excluding hydrogens is 276 g/mol. The number of hydrogen-bond donors (Lipinski definition) is 2. The third-order valence-electron chi connectivity index (χ3n) is 4.02. The van der Waals surface area contributed by atoms with Crippen molar-refractivity contribution in [2.24, 2.45) is 0 Å². The second-order valence-electron chi connectivity index (χ2n) is 5.76. The van der Waals surface area contributed by atoms with Crippen LogP contribution in [0.1, 0.15) is 32.6 Å². The molecule has 2 saturated heterocycles. The van der Waals surface area contributed by atoms with Gasteiger partial charge in [0.15, 0.2) is 0 Å². The van der Waals surface area contributed by atoms with E-state index in [9.17, 15) is 14.7 Å². The van der Waals surface area contributed by atoms with Crippen molar-refractivity contribution < 1.29 is 24.5 Å². The van der Waals surface area contributed by atoms with E-state index < -0.39 is 18.1 Å². The smallest absolute Gasteiger partial charge is 0.326 e. The van der Waals surface area contributed by atoms with Crippen molar-refractivity contribution in [1.29, 1.82) is 0 Å². The highest BCUT2D eigenvalue weighted by Gasteiger charge is 2.41. The first-order chi connectivity index (χ1) is 10.0. The van der Waals surface area contributed by atoms with E-state index in [-0.39, 0.29) is 25.1 Å². The number of amides is 2. The van der Waals surface area contributed by atoms with Crippen LogP contribution in [0.3, 0.4) is 0 Å². The number of carboxylic acid groups (broad SMARTS) is 1. The highest BCUT2D eigenvalue weighted by atomic mass is 16.5. The molecule has 2 aliphatic heterocycles. The first-order valence-corrected chi connectivity index (χ1v) is 7.61. The molecule has 1 unspecified atom stereocenters. The Hall–Kier alpha value is -1.34. The minimum Gasteiger partial charge on any atom is -0.480 e. The quantitative estimate of drug-likeness (QED) is 0.790. The summed E-state index contributed by atoms with van der Waals surface area (Å²) in [6.07, 6.45) is 2.09. The van der Waals surface area contributed by atoms with Crippen molar-refractivity contribution in [3.05, 3.63) is 0 Å². The Morgan fingerprint density at radius 2 is 2.10 bits per heavy atom. The average molecular weight is 300 g/mol. The van der Waals surface area contributed by atoms with Gasteiger partial charge in [-0.2, -0.15) is 0 Å². The van der Waals surface area contributed by atoms with Crippen LogP contribution in [0.4, 0.5) is 4.79 Å². The Morgan fingerprint density at radius 3 is 2.76 bits per heavy atom. The molecule has 2 fully saturated rings. The predicted octanol–water partition coefficient (Wildman–Crippen LogP) is 0.517. The first-order valence-electron chi connectivity index (χ1n) is 7.61. The van der Waals surface area contributed by atoms with Crippen LogP contribution in [0.2, 0.25) is 0 Å². The molecule has 2 amide bonds. The zero-order valence-corrected chi connectivity index (χ0v) is 12.4. The lowest BCUT2D eigenvalue weighted by molar-refractivity contribution is -0.141. The Balaban J connectivity index is 1.96. The largest absolute Gasteiger partial charge is 0.480 e. The Morgan fingerprint density at radius 1 is 1.33 bits per heavy atom. The van der Waals surface area contributed by atoms with E-state index in [0.717, 1.165) is 19.3 Å². The van der Waals surface area contributed by atoms with Gasteiger partial charge in [0.25, 0.3) is 0 Å². The molecule has 0 aliphatic carbocycles. The van der Waals surface area contributed by atoms with Gasteiger partial charge in [0, 0.05) is 32.7 Å². The van der Waals surface area contributed by atoms with Gasteiger partial charge < -0.3 is 24.7 Å². The number of likely N-dealkylation sites (tertiary alicyclic amines) is 2. The van der Waals surface area contributed by atoms with Crippen molar-refractivity contribution in [2.45, 2.75) is 50.9 Å². The lowest BCUT2D eigenvalue weighted by atomic mass is 10.1. The number of hydrogen-bond acceptors (Lipinski definition) is 4. The fourth-order valence-corrected chi connectivity index (χ4v) is 2.97. The number of carbonyl (C=O) groups excluding carboxylic acids is 1. The van der Waals surface area contributed by atoms with E-state index in [1.165, 1.54) is 4.90 Å². The molecule has 2 rings (SSSR count). The Labute approximate surface area is 124 Å². The third-order valence-corrected chi connectivity index (χ3v) is 4.02. The van der Waals surface area contributed by atoms with Gasteiger partial charge in [-0.25, -0.2) is 9.59 Å². The van der Waals surface area contributed by atoms with Crippen molar-refractivity contribution >= 4 is 12.0 Å². The molecule has 21 heavy (non-hydrogen) atoms. The van der Waals surface area contributed by atoms with Crippen molar-refractivity contribution in [1.82, 2.24) is 9.80 Å². The SMILES string of the molecule is CCCOC1CCCN(C(=O)N2C[C@@H](O)C[C@H]2C(=O)O)C1. The van der Waals surface area contributed by atoms with Gasteiger partial charge in [-0.15, -0.1) is 0 Å². The summed E-state index contributed by atoms with van der Waals surface area (Å²) in [4.78, 5) is 26.6. The maximum atomic E-state index is 12.5. The van der Waals surface area contributed by atoms with E-state index in [4.69, 9.17) is 9.84 Å². The van der Waals surface area contributed by atoms with Crippen molar-refractivity contribution in [2.75, 3.05) is 26.2 Å². The molecule has 2 aliphatic rings. The summed E-state index contributed by atoms with van der Waals surface area (Å²) in [5.74, 6) is -1.06. The molecule has 0 aromatic carbocycles. The number of carboxylic acids is 1. The number of rotatable bonds is 4. The normalized spacial score (nSPS) is 29.7. The number of aliphatic hydroxyl groups excluding tert-OH is 1. The van der Waals surface area contributed by atoms with Crippen LogP contribution in [0.15, 0.2) is 0 Å². The van der Waals surface area contributed by atoms with Gasteiger partial charge in [0.1, 0.15) is 6.04 Å². The van der Waals surface area contributed by atoms with Gasteiger partial charge in [0.05, 0.1) is 12.2 Å². The minimum absolute atomic E-state index is 0.0263. The Kier molecular flexibility index (Phi) is 5.41. The average Bonchev–Trinajstić information content (AvgIpc) is 2.87. The fourth-order valence-electron chi connectivity index (χ4n) is 2.97. The molecule has 7 nitrogen and oxygen atoms in total. The van der Waals surface area contributed by atoms with Crippen LogP contribution in [-0.4, -0.2) is 76.5 Å². The van der Waals surface area contributed by atoms with E-state index >= 15 is 0 Å². The molecule has 0 aromatic rings. The van der Waals surface area contributed by atoms with Crippen LogP contribution in [-0.2, 0) is 9.53 Å². The van der Waals surface area contributed by atoms with Gasteiger partial charge in [-0.1, -0.05) is 6.92 Å². The predicted molar refractivity (Wildman–Crippen MR) is 75.0 cm³/mol. The van der Waals surface area contributed by atoms with Gasteiger partial charge in [-0.3, -0.25) is 0 Å². The molecule has 2 N–H and O–H groups in total. The number of β-amino-alcohol motifs (C(OH)–C–C–N with tert-alkyl or cyclic N) is 1. The van der Waals surface area contributed by atoms with Crippen LogP contribution in [0.5, 0.6) is 0 Å². The number of piperidine rings is 1. The second kappa shape index (κ2) is 7.09. The van der Waals surface area contributed by atoms with E-state index in [1.807, 2.05) is 6.92 Å². The zero-order chi connectivity index (χ0) is 15.4. The highest BCUT2D eigenvalue weighted by molar-refractivity contribution is 5.83. The van der Waals surface area contributed by atoms with Gasteiger partial charge >= 0.3 is 12.0 Å². The van der Waals surface area contributed by atoms with Crippen LogP contribution in [0.25, 0.3) is 0 Å². The number of nitrogens with zero attached hydrogens (tertiary/aromatic N) is 2. The molecule has 0 aromatic heterocycles. The summed E-state index contributed by atoms with van der Waals surface area (Å²) in [5, 5.41) is 18.8.